The Balaban J connectivity index is 1.70. The number of aliphatic carboxylic acids is 1. The van der Waals surface area contributed by atoms with Gasteiger partial charge >= 0.3 is 5.97 Å². The lowest BCUT2D eigenvalue weighted by Gasteiger charge is -2.30. The van der Waals surface area contributed by atoms with Gasteiger partial charge in [0.15, 0.2) is 0 Å². The number of likely N-dealkylation sites (tertiary alicyclic amines) is 1. The van der Waals surface area contributed by atoms with Gasteiger partial charge in [0.2, 0.25) is 0 Å². The molecule has 0 amide bonds. The van der Waals surface area contributed by atoms with Crippen molar-refractivity contribution in [1.82, 2.24) is 4.90 Å². The summed E-state index contributed by atoms with van der Waals surface area (Å²) in [6.07, 6.45) is 4.51. The van der Waals surface area contributed by atoms with Crippen molar-refractivity contribution in [1.29, 1.82) is 0 Å². The highest BCUT2D eigenvalue weighted by atomic mass is 16.5. The van der Waals surface area contributed by atoms with Crippen molar-refractivity contribution in [3.8, 4) is 5.75 Å². The topological polar surface area (TPSA) is 49.8 Å². The average molecular weight is 291 g/mol. The first kappa shape index (κ1) is 15.8. The SMILES string of the molecule is CCOc1ccc(CCC2CCN(CC(=O)O)CC2)cc1. The van der Waals surface area contributed by atoms with Crippen LogP contribution in [0.5, 0.6) is 5.75 Å². The van der Waals surface area contributed by atoms with Gasteiger partial charge < -0.3 is 9.84 Å². The summed E-state index contributed by atoms with van der Waals surface area (Å²) in [7, 11) is 0. The maximum atomic E-state index is 10.7. The largest absolute Gasteiger partial charge is 0.494 e. The van der Waals surface area contributed by atoms with Gasteiger partial charge in [0.25, 0.3) is 0 Å². The number of rotatable bonds is 7. The molecule has 1 aromatic carbocycles. The quantitative estimate of drug-likeness (QED) is 0.839. The lowest BCUT2D eigenvalue weighted by atomic mass is 9.90. The van der Waals surface area contributed by atoms with E-state index >= 15 is 0 Å². The minimum atomic E-state index is -0.720. The Morgan fingerprint density at radius 3 is 2.52 bits per heavy atom. The molecule has 2 rings (SSSR count). The molecule has 4 nitrogen and oxygen atoms in total. The molecule has 1 fully saturated rings. The molecule has 116 valence electrons. The van der Waals surface area contributed by atoms with Crippen molar-refractivity contribution in [2.75, 3.05) is 26.2 Å². The van der Waals surface area contributed by atoms with Crippen LogP contribution in [0.3, 0.4) is 0 Å². The fourth-order valence-electron chi connectivity index (χ4n) is 2.91. The molecule has 0 radical (unpaired) electrons. The van der Waals surface area contributed by atoms with Crippen LogP contribution in [0.25, 0.3) is 0 Å². The first-order valence-corrected chi connectivity index (χ1v) is 7.83. The Hall–Kier alpha value is -1.55. The van der Waals surface area contributed by atoms with Crippen molar-refractivity contribution < 1.29 is 14.6 Å². The van der Waals surface area contributed by atoms with Crippen LogP contribution in [0.1, 0.15) is 31.7 Å². The zero-order chi connectivity index (χ0) is 15.1. The van der Waals surface area contributed by atoms with Crippen LogP contribution in [0, 0.1) is 5.92 Å². The zero-order valence-corrected chi connectivity index (χ0v) is 12.8. The van der Waals surface area contributed by atoms with Crippen LogP contribution in [0.15, 0.2) is 24.3 Å². The third kappa shape index (κ3) is 5.38. The van der Waals surface area contributed by atoms with Gasteiger partial charge in [0.05, 0.1) is 13.2 Å². The summed E-state index contributed by atoms with van der Waals surface area (Å²) in [5.41, 5.74) is 1.35. The molecule has 1 aliphatic rings. The molecule has 21 heavy (non-hydrogen) atoms. The van der Waals surface area contributed by atoms with E-state index in [4.69, 9.17) is 9.84 Å². The molecule has 0 bridgehead atoms. The second-order valence-corrected chi connectivity index (χ2v) is 5.73. The van der Waals surface area contributed by atoms with Crippen LogP contribution in [0.4, 0.5) is 0 Å². The predicted octanol–water partition coefficient (Wildman–Crippen LogP) is 2.81. The van der Waals surface area contributed by atoms with Gasteiger partial charge in [-0.1, -0.05) is 12.1 Å². The molecule has 4 heteroatoms. The number of carbonyl (C=O) groups is 1. The minimum Gasteiger partial charge on any atom is -0.494 e. The number of aryl methyl sites for hydroxylation is 1. The fourth-order valence-corrected chi connectivity index (χ4v) is 2.91. The molecule has 1 aliphatic heterocycles. The number of nitrogens with zero attached hydrogens (tertiary/aromatic N) is 1. The van der Waals surface area contributed by atoms with Crippen LogP contribution in [0.2, 0.25) is 0 Å². The predicted molar refractivity (Wildman–Crippen MR) is 82.7 cm³/mol. The van der Waals surface area contributed by atoms with E-state index in [-0.39, 0.29) is 6.54 Å². The van der Waals surface area contributed by atoms with Crippen molar-refractivity contribution in [2.45, 2.75) is 32.6 Å². The number of piperidine rings is 1. The van der Waals surface area contributed by atoms with Gasteiger partial charge in [-0.05, 0) is 69.3 Å². The van der Waals surface area contributed by atoms with E-state index in [1.165, 1.54) is 12.0 Å². The molecule has 0 saturated carbocycles. The standard InChI is InChI=1S/C17H25NO3/c1-2-21-16-7-5-14(6-8-16)3-4-15-9-11-18(12-10-15)13-17(19)20/h5-8,15H,2-4,9-13H2,1H3,(H,19,20). The first-order valence-electron chi connectivity index (χ1n) is 7.83. The Labute approximate surface area is 126 Å². The van der Waals surface area contributed by atoms with E-state index < -0.39 is 5.97 Å². The summed E-state index contributed by atoms with van der Waals surface area (Å²) < 4.78 is 5.45. The van der Waals surface area contributed by atoms with E-state index in [1.54, 1.807) is 0 Å². The highest BCUT2D eigenvalue weighted by Crippen LogP contribution is 2.23. The van der Waals surface area contributed by atoms with E-state index in [0.29, 0.717) is 6.61 Å². The molecule has 1 aromatic rings. The molecule has 1 saturated heterocycles. The second-order valence-electron chi connectivity index (χ2n) is 5.73. The van der Waals surface area contributed by atoms with Crippen molar-refractivity contribution in [3.05, 3.63) is 29.8 Å². The van der Waals surface area contributed by atoms with Gasteiger partial charge in [-0.15, -0.1) is 0 Å². The summed E-state index contributed by atoms with van der Waals surface area (Å²) in [6, 6.07) is 8.36. The van der Waals surface area contributed by atoms with Gasteiger partial charge in [-0.25, -0.2) is 0 Å². The number of hydrogen-bond donors (Lipinski definition) is 1. The maximum absolute atomic E-state index is 10.7. The number of hydrogen-bond acceptors (Lipinski definition) is 3. The number of carboxylic acids is 1. The van der Waals surface area contributed by atoms with Crippen molar-refractivity contribution in [3.63, 3.8) is 0 Å². The highest BCUT2D eigenvalue weighted by Gasteiger charge is 2.20. The smallest absolute Gasteiger partial charge is 0.317 e. The maximum Gasteiger partial charge on any atom is 0.317 e. The zero-order valence-electron chi connectivity index (χ0n) is 12.8. The van der Waals surface area contributed by atoms with E-state index in [2.05, 4.69) is 12.1 Å². The molecule has 0 aliphatic carbocycles. The number of benzene rings is 1. The Kier molecular flexibility index (Phi) is 6.05. The van der Waals surface area contributed by atoms with Crippen LogP contribution in [-0.2, 0) is 11.2 Å². The summed E-state index contributed by atoms with van der Waals surface area (Å²) in [5.74, 6) is 0.938. The summed E-state index contributed by atoms with van der Waals surface area (Å²) in [6.45, 7) is 4.71. The van der Waals surface area contributed by atoms with Crippen molar-refractivity contribution in [2.24, 2.45) is 5.92 Å². The van der Waals surface area contributed by atoms with Gasteiger partial charge in [0.1, 0.15) is 5.75 Å². The normalized spacial score (nSPS) is 16.8. The lowest BCUT2D eigenvalue weighted by molar-refractivity contribution is -0.138. The number of carboxylic acid groups (broad SMARTS) is 1. The Morgan fingerprint density at radius 1 is 1.29 bits per heavy atom. The van der Waals surface area contributed by atoms with Crippen LogP contribution >= 0.6 is 0 Å². The molecule has 1 N–H and O–H groups in total. The molecule has 0 aromatic heterocycles. The molecular formula is C17H25NO3. The Bertz CT molecular complexity index is 436. The molecule has 0 atom stereocenters. The second kappa shape index (κ2) is 8.03. The average Bonchev–Trinajstić information content (AvgIpc) is 2.48. The van der Waals surface area contributed by atoms with E-state index in [1.807, 2.05) is 24.0 Å². The minimum absolute atomic E-state index is 0.186. The van der Waals surface area contributed by atoms with Crippen molar-refractivity contribution >= 4 is 5.97 Å². The van der Waals surface area contributed by atoms with Gasteiger partial charge in [0, 0.05) is 0 Å². The molecule has 0 spiro atoms. The number of ether oxygens (including phenoxy) is 1. The Morgan fingerprint density at radius 2 is 1.95 bits per heavy atom. The van der Waals surface area contributed by atoms with E-state index in [9.17, 15) is 4.79 Å². The first-order chi connectivity index (χ1) is 10.2. The van der Waals surface area contributed by atoms with Gasteiger partial charge in [-0.2, -0.15) is 0 Å². The molecular weight excluding hydrogens is 266 g/mol. The summed E-state index contributed by atoms with van der Waals surface area (Å²) >= 11 is 0. The lowest BCUT2D eigenvalue weighted by Crippen LogP contribution is -2.37. The highest BCUT2D eigenvalue weighted by molar-refractivity contribution is 5.69. The third-order valence-corrected chi connectivity index (χ3v) is 4.14. The van der Waals surface area contributed by atoms with Gasteiger partial charge in [-0.3, -0.25) is 9.69 Å². The molecule has 1 heterocycles. The van der Waals surface area contributed by atoms with Crippen LogP contribution < -0.4 is 4.74 Å². The third-order valence-electron chi connectivity index (χ3n) is 4.14. The summed E-state index contributed by atoms with van der Waals surface area (Å²) in [5, 5.41) is 8.79. The van der Waals surface area contributed by atoms with E-state index in [0.717, 1.165) is 44.0 Å². The summed E-state index contributed by atoms with van der Waals surface area (Å²) in [4.78, 5) is 12.7. The fraction of sp³-hybridized carbons (Fsp3) is 0.588. The monoisotopic (exact) mass is 291 g/mol. The molecule has 0 unspecified atom stereocenters. The van der Waals surface area contributed by atoms with Crippen LogP contribution in [-0.4, -0.2) is 42.2 Å².